The average molecular weight is 467 g/mol. The van der Waals surface area contributed by atoms with Crippen molar-refractivity contribution in [1.29, 1.82) is 0 Å². The van der Waals surface area contributed by atoms with Gasteiger partial charge in [0.15, 0.2) is 0 Å². The van der Waals surface area contributed by atoms with Crippen molar-refractivity contribution in [1.82, 2.24) is 20.1 Å². The first-order chi connectivity index (χ1) is 16.5. The highest BCUT2D eigenvalue weighted by molar-refractivity contribution is 6.19. The van der Waals surface area contributed by atoms with E-state index in [0.717, 1.165) is 11.1 Å². The summed E-state index contributed by atoms with van der Waals surface area (Å²) in [4.78, 5) is 21.6. The van der Waals surface area contributed by atoms with Crippen LogP contribution >= 0.6 is 0 Å². The molecule has 4 rings (SSSR count). The molecule has 3 aromatic rings. The molecule has 8 nitrogen and oxygen atoms in total. The van der Waals surface area contributed by atoms with Gasteiger partial charge in [0.05, 0.1) is 37.0 Å². The van der Waals surface area contributed by atoms with Gasteiger partial charge in [-0.1, -0.05) is 18.2 Å². The minimum absolute atomic E-state index is 0.0644. The van der Waals surface area contributed by atoms with E-state index in [0.29, 0.717) is 5.71 Å². The predicted molar refractivity (Wildman–Crippen MR) is 121 cm³/mol. The number of aliphatic imine (C=N–C) groups is 1. The Morgan fingerprint density at radius 3 is 2.71 bits per heavy atom. The van der Waals surface area contributed by atoms with Crippen LogP contribution in [0.1, 0.15) is 21.5 Å². The van der Waals surface area contributed by atoms with E-state index >= 15 is 0 Å². The van der Waals surface area contributed by atoms with Gasteiger partial charge in [-0.15, -0.1) is 0 Å². The molecular weight excluding hydrogens is 444 g/mol. The first-order valence-corrected chi connectivity index (χ1v) is 10.6. The van der Waals surface area contributed by atoms with Crippen LogP contribution in [0.3, 0.4) is 0 Å². The number of aromatic nitrogens is 3. The Morgan fingerprint density at radius 1 is 1.24 bits per heavy atom. The summed E-state index contributed by atoms with van der Waals surface area (Å²) < 4.78 is 35.0. The topological polar surface area (TPSA) is 102 Å². The minimum atomic E-state index is -0.723. The Labute approximate surface area is 194 Å². The number of rotatable bonds is 9. The van der Waals surface area contributed by atoms with Crippen molar-refractivity contribution < 1.29 is 23.4 Å². The molecule has 0 unspecified atom stereocenters. The van der Waals surface area contributed by atoms with E-state index < -0.39 is 23.9 Å². The van der Waals surface area contributed by atoms with Crippen molar-refractivity contribution in [2.75, 3.05) is 20.3 Å². The van der Waals surface area contributed by atoms with E-state index in [-0.39, 0.29) is 36.6 Å². The van der Waals surface area contributed by atoms with Gasteiger partial charge >= 0.3 is 0 Å². The molecule has 34 heavy (non-hydrogen) atoms. The lowest BCUT2D eigenvalue weighted by Gasteiger charge is -2.26. The van der Waals surface area contributed by atoms with E-state index in [1.165, 1.54) is 54.8 Å². The van der Waals surface area contributed by atoms with Gasteiger partial charge in [0.25, 0.3) is 5.91 Å². The van der Waals surface area contributed by atoms with Crippen LogP contribution in [0.4, 0.5) is 8.78 Å². The fourth-order valence-electron chi connectivity index (χ4n) is 3.79. The molecule has 0 saturated carbocycles. The lowest BCUT2D eigenvalue weighted by atomic mass is 9.99. The Balaban J connectivity index is 1.62. The molecule has 2 aromatic carbocycles. The Hall–Kier alpha value is -3.76. The van der Waals surface area contributed by atoms with Gasteiger partial charge in [-0.25, -0.2) is 13.8 Å². The molecule has 1 aliphatic rings. The number of benzene rings is 2. The summed E-state index contributed by atoms with van der Waals surface area (Å²) in [5.41, 5.74) is 2.02. The van der Waals surface area contributed by atoms with Gasteiger partial charge < -0.3 is 15.2 Å². The molecule has 2 atom stereocenters. The fraction of sp³-hybridized carbons (Fsp3) is 0.250. The first kappa shape index (κ1) is 23.4. The van der Waals surface area contributed by atoms with Crippen molar-refractivity contribution in [3.8, 4) is 0 Å². The van der Waals surface area contributed by atoms with Crippen LogP contribution in [0.2, 0.25) is 0 Å². The van der Waals surface area contributed by atoms with Gasteiger partial charge in [0.1, 0.15) is 30.4 Å². The van der Waals surface area contributed by atoms with E-state index in [9.17, 15) is 18.7 Å². The zero-order valence-electron chi connectivity index (χ0n) is 18.4. The van der Waals surface area contributed by atoms with E-state index in [1.54, 1.807) is 18.2 Å². The number of aliphatic hydroxyl groups is 1. The number of hydrogen-bond donors (Lipinski definition) is 2. The molecule has 0 saturated heterocycles. The van der Waals surface area contributed by atoms with Gasteiger partial charge in [-0.05, 0) is 41.5 Å². The van der Waals surface area contributed by atoms with Gasteiger partial charge in [-0.2, -0.15) is 5.10 Å². The normalized spacial score (nSPS) is 14.9. The molecule has 2 heterocycles. The fourth-order valence-corrected chi connectivity index (χ4v) is 3.79. The lowest BCUT2D eigenvalue weighted by Crippen LogP contribution is -2.48. The number of carbonyl (C=O) groups excluding carboxylic acids is 1. The number of hydrogen-bond acceptors (Lipinski definition) is 6. The summed E-state index contributed by atoms with van der Waals surface area (Å²) in [5, 5.41) is 16.6. The van der Waals surface area contributed by atoms with Crippen LogP contribution in [0.5, 0.6) is 0 Å². The molecule has 0 spiro atoms. The second-order valence-corrected chi connectivity index (χ2v) is 7.69. The number of amides is 1. The number of ether oxygens (including phenoxy) is 1. The highest BCUT2D eigenvalue weighted by atomic mass is 19.1. The van der Waals surface area contributed by atoms with Crippen LogP contribution in [-0.4, -0.2) is 63.9 Å². The van der Waals surface area contributed by atoms with Crippen molar-refractivity contribution in [2.24, 2.45) is 4.99 Å². The molecule has 0 aliphatic carbocycles. The number of halogens is 2. The van der Waals surface area contributed by atoms with Crippen LogP contribution in [0.25, 0.3) is 5.57 Å². The third kappa shape index (κ3) is 5.08. The van der Waals surface area contributed by atoms with Gasteiger partial charge in [-0.3, -0.25) is 14.5 Å². The SMILES string of the molecule is CO[C@H](CO)[C@@H](Cn1cncn1)NC(=O)c1cccc(F)c1C1=NCC(c2ccc(F)cc2)=C1. The second kappa shape index (κ2) is 10.4. The minimum Gasteiger partial charge on any atom is -0.394 e. The molecule has 0 radical (unpaired) electrons. The number of methoxy groups -OCH3 is 1. The Morgan fingerprint density at radius 2 is 2.03 bits per heavy atom. The summed E-state index contributed by atoms with van der Waals surface area (Å²) in [7, 11) is 1.42. The first-order valence-electron chi connectivity index (χ1n) is 10.6. The Bertz CT molecular complexity index is 1210. The summed E-state index contributed by atoms with van der Waals surface area (Å²) >= 11 is 0. The molecule has 10 heteroatoms. The summed E-state index contributed by atoms with van der Waals surface area (Å²) in [5.74, 6) is -1.50. The third-order valence-electron chi connectivity index (χ3n) is 5.56. The van der Waals surface area contributed by atoms with Crippen LogP contribution in [0, 0.1) is 11.6 Å². The van der Waals surface area contributed by atoms with Crippen LogP contribution in [-0.2, 0) is 11.3 Å². The highest BCUT2D eigenvalue weighted by Crippen LogP contribution is 2.25. The second-order valence-electron chi connectivity index (χ2n) is 7.69. The van der Waals surface area contributed by atoms with Crippen LogP contribution in [0.15, 0.2) is 66.2 Å². The molecule has 2 N–H and O–H groups in total. The predicted octanol–water partition coefficient (Wildman–Crippen LogP) is 2.25. The number of carbonyl (C=O) groups is 1. The number of nitrogens with one attached hydrogen (secondary N) is 1. The summed E-state index contributed by atoms with van der Waals surface area (Å²) in [6.07, 6.45) is 3.81. The molecule has 0 bridgehead atoms. The maximum absolute atomic E-state index is 15.0. The zero-order chi connectivity index (χ0) is 24.1. The van der Waals surface area contributed by atoms with Gasteiger partial charge in [0.2, 0.25) is 0 Å². The quantitative estimate of drug-likeness (QED) is 0.503. The maximum atomic E-state index is 15.0. The molecular formula is C24H23F2N5O3. The van der Waals surface area contributed by atoms with Crippen molar-refractivity contribution in [2.45, 2.75) is 18.7 Å². The zero-order valence-corrected chi connectivity index (χ0v) is 18.4. The van der Waals surface area contributed by atoms with E-state index in [1.807, 2.05) is 0 Å². The smallest absolute Gasteiger partial charge is 0.252 e. The standard InChI is InChI=1S/C24H23F2N5O3/c1-34-22(12-32)21(11-31-14-27-13-29-31)30-24(33)18-3-2-4-19(26)23(18)20-9-16(10-28-20)15-5-7-17(25)8-6-15/h2-9,13-14,21-22,32H,10-12H2,1H3,(H,30,33)/t21-,22-/m1/s1. The average Bonchev–Trinajstić information content (AvgIpc) is 3.52. The molecule has 0 fully saturated rings. The van der Waals surface area contributed by atoms with Crippen molar-refractivity contribution in [3.05, 3.63) is 89.5 Å². The molecule has 176 valence electrons. The third-order valence-corrected chi connectivity index (χ3v) is 5.56. The maximum Gasteiger partial charge on any atom is 0.252 e. The van der Waals surface area contributed by atoms with Crippen LogP contribution < -0.4 is 5.32 Å². The summed E-state index contributed by atoms with van der Waals surface area (Å²) in [6.45, 7) is 0.120. The van der Waals surface area contributed by atoms with Crippen molar-refractivity contribution in [3.63, 3.8) is 0 Å². The number of allylic oxidation sites excluding steroid dienone is 1. The van der Waals surface area contributed by atoms with Crippen molar-refractivity contribution >= 4 is 17.2 Å². The molecule has 1 aliphatic heterocycles. The number of nitrogens with zero attached hydrogens (tertiary/aromatic N) is 4. The Kier molecular flexibility index (Phi) is 7.19. The van der Waals surface area contributed by atoms with E-state index in [4.69, 9.17) is 4.74 Å². The molecule has 1 aromatic heterocycles. The van der Waals surface area contributed by atoms with Gasteiger partial charge in [0, 0.05) is 12.7 Å². The monoisotopic (exact) mass is 467 g/mol. The summed E-state index contributed by atoms with van der Waals surface area (Å²) in [6, 6.07) is 9.49. The largest absolute Gasteiger partial charge is 0.394 e. The molecule has 1 amide bonds. The lowest BCUT2D eigenvalue weighted by molar-refractivity contribution is 0.0166. The highest BCUT2D eigenvalue weighted by Gasteiger charge is 2.27. The van der Waals surface area contributed by atoms with E-state index in [2.05, 4.69) is 20.4 Å². The number of aliphatic hydroxyl groups excluding tert-OH is 1.